The highest BCUT2D eigenvalue weighted by molar-refractivity contribution is 7.17. The maximum atomic E-state index is 13.2. The summed E-state index contributed by atoms with van der Waals surface area (Å²) in [7, 11) is 0. The summed E-state index contributed by atoms with van der Waals surface area (Å²) in [5.41, 5.74) is 5.33. The van der Waals surface area contributed by atoms with Gasteiger partial charge in [-0.05, 0) is 12.1 Å². The van der Waals surface area contributed by atoms with Crippen molar-refractivity contribution >= 4 is 16.3 Å². The fourth-order valence-electron chi connectivity index (χ4n) is 1.11. The van der Waals surface area contributed by atoms with Gasteiger partial charge < -0.3 is 10.5 Å². The molecule has 0 amide bonds. The number of hydrogen-bond donors (Lipinski definition) is 1. The summed E-state index contributed by atoms with van der Waals surface area (Å²) < 4.78 is 18.5. The van der Waals surface area contributed by atoms with Crippen LogP contribution < -0.4 is 10.5 Å². The molecule has 0 unspecified atom stereocenters. The van der Waals surface area contributed by atoms with Gasteiger partial charge in [0.15, 0.2) is 5.75 Å². The van der Waals surface area contributed by atoms with Crippen molar-refractivity contribution in [1.29, 1.82) is 5.26 Å². The van der Waals surface area contributed by atoms with Gasteiger partial charge in [0, 0.05) is 0 Å². The van der Waals surface area contributed by atoms with Gasteiger partial charge in [-0.2, -0.15) is 5.26 Å². The summed E-state index contributed by atoms with van der Waals surface area (Å²) >= 11 is 1.12. The van der Waals surface area contributed by atoms with Crippen molar-refractivity contribution in [2.75, 3.05) is 5.73 Å². The Balaban J connectivity index is 2.35. The number of nitrogens with zero attached hydrogens (tertiary/aromatic N) is 2. The smallest absolute Gasteiger partial charge is 0.280 e. The fourth-order valence-corrected chi connectivity index (χ4v) is 1.65. The lowest BCUT2D eigenvalue weighted by atomic mass is 10.2. The van der Waals surface area contributed by atoms with Crippen LogP contribution in [-0.2, 0) is 0 Å². The number of nitrogens with two attached hydrogens (primary N) is 1. The van der Waals surface area contributed by atoms with Crippen molar-refractivity contribution in [2.45, 2.75) is 0 Å². The Labute approximate surface area is 94.7 Å². The second-order valence-electron chi connectivity index (χ2n) is 2.86. The number of hydrogen-bond acceptors (Lipinski definition) is 5. The molecule has 0 radical (unpaired) electrons. The third kappa shape index (κ3) is 1.94. The van der Waals surface area contributed by atoms with E-state index in [0.29, 0.717) is 5.00 Å². The van der Waals surface area contributed by atoms with Gasteiger partial charge in [0.2, 0.25) is 0 Å². The van der Waals surface area contributed by atoms with Crippen molar-refractivity contribution in [3.8, 4) is 17.0 Å². The second-order valence-corrected chi connectivity index (χ2v) is 3.88. The molecule has 1 aromatic carbocycles. The van der Waals surface area contributed by atoms with Crippen LogP contribution in [0.4, 0.5) is 9.39 Å². The lowest BCUT2D eigenvalue weighted by molar-refractivity contribution is 0.471. The molecule has 1 heterocycles. The summed E-state index contributed by atoms with van der Waals surface area (Å²) in [4.78, 5) is 3.86. The largest absolute Gasteiger partial charge is 0.429 e. The highest BCUT2D eigenvalue weighted by Crippen LogP contribution is 2.30. The monoisotopic (exact) mass is 235 g/mol. The first-order valence-electron chi connectivity index (χ1n) is 4.28. The van der Waals surface area contributed by atoms with Crippen LogP contribution in [0.3, 0.4) is 0 Å². The summed E-state index contributed by atoms with van der Waals surface area (Å²) in [5, 5.41) is 9.54. The van der Waals surface area contributed by atoms with Gasteiger partial charge in [-0.25, -0.2) is 9.37 Å². The molecule has 0 spiro atoms. The van der Waals surface area contributed by atoms with Crippen LogP contribution in [0.1, 0.15) is 5.56 Å². The van der Waals surface area contributed by atoms with E-state index in [1.54, 1.807) is 6.07 Å². The highest BCUT2D eigenvalue weighted by atomic mass is 32.1. The Morgan fingerprint density at radius 1 is 1.50 bits per heavy atom. The summed E-state index contributed by atoms with van der Waals surface area (Å²) in [5.74, 6) is -0.485. The fraction of sp³-hybridized carbons (Fsp3) is 0. The number of benzene rings is 1. The second kappa shape index (κ2) is 4.16. The van der Waals surface area contributed by atoms with Crippen LogP contribution in [0.15, 0.2) is 24.4 Å². The van der Waals surface area contributed by atoms with Crippen molar-refractivity contribution in [1.82, 2.24) is 4.98 Å². The molecule has 1 aromatic heterocycles. The molecule has 0 aliphatic heterocycles. The number of aromatic nitrogens is 1. The van der Waals surface area contributed by atoms with Gasteiger partial charge in [0.05, 0.1) is 6.20 Å². The van der Waals surface area contributed by atoms with E-state index in [1.165, 1.54) is 24.4 Å². The van der Waals surface area contributed by atoms with Crippen molar-refractivity contribution in [3.63, 3.8) is 0 Å². The van der Waals surface area contributed by atoms with Gasteiger partial charge in [-0.1, -0.05) is 17.4 Å². The van der Waals surface area contributed by atoms with E-state index in [4.69, 9.17) is 15.7 Å². The van der Waals surface area contributed by atoms with Gasteiger partial charge in [-0.3, -0.25) is 0 Å². The molecule has 0 saturated heterocycles. The first kappa shape index (κ1) is 10.4. The van der Waals surface area contributed by atoms with E-state index >= 15 is 0 Å². The Morgan fingerprint density at radius 3 is 2.94 bits per heavy atom. The first-order chi connectivity index (χ1) is 7.70. The minimum Gasteiger partial charge on any atom is -0.429 e. The third-order valence-electron chi connectivity index (χ3n) is 1.79. The molecule has 0 aliphatic carbocycles. The quantitative estimate of drug-likeness (QED) is 0.868. The molecule has 0 bridgehead atoms. The average molecular weight is 235 g/mol. The predicted molar refractivity (Wildman–Crippen MR) is 57.7 cm³/mol. The van der Waals surface area contributed by atoms with Crippen LogP contribution >= 0.6 is 11.3 Å². The Kier molecular flexibility index (Phi) is 2.70. The summed E-state index contributed by atoms with van der Waals surface area (Å²) in [6.07, 6.45) is 1.44. The normalized spacial score (nSPS) is 9.75. The lowest BCUT2D eigenvalue weighted by Gasteiger charge is -2.03. The molecule has 80 valence electrons. The first-order valence-corrected chi connectivity index (χ1v) is 5.10. The Morgan fingerprint density at radius 2 is 2.31 bits per heavy atom. The molecular formula is C10H6FN3OS. The van der Waals surface area contributed by atoms with Gasteiger partial charge in [-0.15, -0.1) is 0 Å². The molecule has 16 heavy (non-hydrogen) atoms. The van der Waals surface area contributed by atoms with Crippen molar-refractivity contribution < 1.29 is 9.13 Å². The molecule has 0 fully saturated rings. The number of rotatable bonds is 2. The number of anilines is 1. The minimum atomic E-state index is -0.621. The SMILES string of the molecule is N#Cc1c(F)cccc1Oc1ncc(N)s1. The molecular weight excluding hydrogens is 229 g/mol. The number of nitrogen functional groups attached to an aromatic ring is 1. The summed E-state index contributed by atoms with van der Waals surface area (Å²) in [6.45, 7) is 0. The van der Waals surface area contributed by atoms with E-state index in [-0.39, 0.29) is 16.5 Å². The third-order valence-corrected chi connectivity index (χ3v) is 2.49. The molecule has 0 aliphatic rings. The van der Waals surface area contributed by atoms with E-state index in [9.17, 15) is 4.39 Å². The van der Waals surface area contributed by atoms with Gasteiger partial charge in [0.25, 0.3) is 5.19 Å². The number of halogens is 1. The van der Waals surface area contributed by atoms with Crippen LogP contribution in [0.25, 0.3) is 0 Å². The molecule has 6 heteroatoms. The zero-order chi connectivity index (χ0) is 11.5. The molecule has 2 aromatic rings. The Bertz CT molecular complexity index is 561. The standard InChI is InChI=1S/C10H6FN3OS/c11-7-2-1-3-8(6(7)4-12)15-10-14-5-9(13)16-10/h1-3,5H,13H2. The Hall–Kier alpha value is -2.13. The minimum absolute atomic E-state index is 0.136. The molecule has 2 N–H and O–H groups in total. The van der Waals surface area contributed by atoms with Crippen LogP contribution in [0.5, 0.6) is 10.9 Å². The molecule has 0 saturated carbocycles. The maximum Gasteiger partial charge on any atom is 0.280 e. The van der Waals surface area contributed by atoms with Gasteiger partial charge in [0.1, 0.15) is 22.5 Å². The molecule has 2 rings (SSSR count). The average Bonchev–Trinajstić information content (AvgIpc) is 2.64. The topological polar surface area (TPSA) is 71.9 Å². The maximum absolute atomic E-state index is 13.2. The number of nitriles is 1. The van der Waals surface area contributed by atoms with E-state index in [2.05, 4.69) is 4.98 Å². The van der Waals surface area contributed by atoms with Crippen LogP contribution in [-0.4, -0.2) is 4.98 Å². The lowest BCUT2D eigenvalue weighted by Crippen LogP contribution is -1.90. The van der Waals surface area contributed by atoms with E-state index in [0.717, 1.165) is 11.3 Å². The van der Waals surface area contributed by atoms with E-state index in [1.807, 2.05) is 0 Å². The van der Waals surface area contributed by atoms with Crippen molar-refractivity contribution in [2.24, 2.45) is 0 Å². The van der Waals surface area contributed by atoms with E-state index < -0.39 is 5.82 Å². The predicted octanol–water partition coefficient (Wildman–Crippen LogP) is 2.53. The van der Waals surface area contributed by atoms with Gasteiger partial charge >= 0.3 is 0 Å². The zero-order valence-corrected chi connectivity index (χ0v) is 8.79. The zero-order valence-electron chi connectivity index (χ0n) is 7.98. The van der Waals surface area contributed by atoms with Crippen LogP contribution in [0, 0.1) is 17.1 Å². The molecule has 0 atom stereocenters. The number of thiazole rings is 1. The number of ether oxygens (including phenoxy) is 1. The van der Waals surface area contributed by atoms with Crippen LogP contribution in [0.2, 0.25) is 0 Å². The van der Waals surface area contributed by atoms with Crippen molar-refractivity contribution in [3.05, 3.63) is 35.8 Å². The molecule has 4 nitrogen and oxygen atoms in total. The highest BCUT2D eigenvalue weighted by Gasteiger charge is 2.11. The summed E-state index contributed by atoms with van der Waals surface area (Å²) in [6, 6.07) is 5.89.